The van der Waals surface area contributed by atoms with Crippen molar-refractivity contribution in [2.24, 2.45) is 0 Å². The van der Waals surface area contributed by atoms with Crippen molar-refractivity contribution in [2.75, 3.05) is 11.9 Å². The Morgan fingerprint density at radius 1 is 1.16 bits per heavy atom. The molecule has 1 aromatic heterocycles. The predicted octanol–water partition coefficient (Wildman–Crippen LogP) is 4.44. The minimum absolute atomic E-state index is 0.639. The number of nitrogens with one attached hydrogen (secondary N) is 1. The molecule has 0 aliphatic heterocycles. The van der Waals surface area contributed by atoms with Crippen LogP contribution < -0.4 is 5.32 Å². The molecule has 0 saturated carbocycles. The molecule has 0 amide bonds. The number of anilines is 1. The maximum Gasteiger partial charge on any atom is 0.133 e. The molecule has 0 atom stereocenters. The summed E-state index contributed by atoms with van der Waals surface area (Å²) < 4.78 is 0. The Morgan fingerprint density at radius 3 is 2.63 bits per heavy atom. The first-order valence-corrected chi connectivity index (χ1v) is 6.96. The van der Waals surface area contributed by atoms with Crippen LogP contribution in [0.1, 0.15) is 19.4 Å². The van der Waals surface area contributed by atoms with Gasteiger partial charge in [-0.25, -0.2) is 9.97 Å². The van der Waals surface area contributed by atoms with Crippen molar-refractivity contribution in [1.29, 1.82) is 0 Å². The minimum Gasteiger partial charge on any atom is -0.370 e. The maximum atomic E-state index is 6.25. The monoisotopic (exact) mass is 295 g/mol. The van der Waals surface area contributed by atoms with Crippen LogP contribution in [0.15, 0.2) is 24.5 Å². The number of aromatic nitrogens is 2. The van der Waals surface area contributed by atoms with E-state index in [4.69, 9.17) is 23.2 Å². The quantitative estimate of drug-likeness (QED) is 0.906. The lowest BCUT2D eigenvalue weighted by molar-refractivity contribution is 1.03. The topological polar surface area (TPSA) is 37.8 Å². The molecule has 0 spiro atoms. The van der Waals surface area contributed by atoms with E-state index in [2.05, 4.69) is 22.2 Å². The van der Waals surface area contributed by atoms with Gasteiger partial charge in [0.25, 0.3) is 0 Å². The molecule has 0 fully saturated rings. The van der Waals surface area contributed by atoms with Crippen molar-refractivity contribution >= 4 is 29.0 Å². The van der Waals surface area contributed by atoms with E-state index < -0.39 is 0 Å². The lowest BCUT2D eigenvalue weighted by atomic mass is 10.0. The van der Waals surface area contributed by atoms with Gasteiger partial charge in [0.2, 0.25) is 0 Å². The smallest absolute Gasteiger partial charge is 0.133 e. The summed E-state index contributed by atoms with van der Waals surface area (Å²) in [5.41, 5.74) is 2.72. The van der Waals surface area contributed by atoms with Gasteiger partial charge in [0.05, 0.1) is 10.7 Å². The Labute approximate surface area is 123 Å². The van der Waals surface area contributed by atoms with Crippen LogP contribution in [0, 0.1) is 0 Å². The first kappa shape index (κ1) is 14.1. The molecule has 1 N–H and O–H groups in total. The molecule has 19 heavy (non-hydrogen) atoms. The van der Waals surface area contributed by atoms with Gasteiger partial charge in [0.1, 0.15) is 12.1 Å². The Kier molecular flexibility index (Phi) is 4.61. The zero-order valence-corrected chi connectivity index (χ0v) is 12.4. The summed E-state index contributed by atoms with van der Waals surface area (Å²) in [5, 5.41) is 4.53. The van der Waals surface area contributed by atoms with E-state index in [0.29, 0.717) is 10.0 Å². The van der Waals surface area contributed by atoms with Crippen LogP contribution in [-0.4, -0.2) is 16.5 Å². The molecule has 0 aliphatic rings. The van der Waals surface area contributed by atoms with E-state index in [0.717, 1.165) is 35.6 Å². The zero-order chi connectivity index (χ0) is 13.8. The molecular weight excluding hydrogens is 281 g/mol. The van der Waals surface area contributed by atoms with E-state index in [9.17, 15) is 0 Å². The number of benzene rings is 1. The fraction of sp³-hybridized carbons (Fsp3) is 0.286. The molecule has 0 unspecified atom stereocenters. The second-order valence-corrected chi connectivity index (χ2v) is 4.90. The van der Waals surface area contributed by atoms with Crippen LogP contribution >= 0.6 is 23.2 Å². The second kappa shape index (κ2) is 6.22. The Bertz CT molecular complexity index is 585. The third kappa shape index (κ3) is 2.99. The van der Waals surface area contributed by atoms with Crippen molar-refractivity contribution in [1.82, 2.24) is 9.97 Å². The van der Waals surface area contributed by atoms with E-state index in [-0.39, 0.29) is 0 Å². The highest BCUT2D eigenvalue weighted by molar-refractivity contribution is 6.35. The highest BCUT2D eigenvalue weighted by atomic mass is 35.5. The molecule has 0 saturated heterocycles. The van der Waals surface area contributed by atoms with Gasteiger partial charge in [-0.15, -0.1) is 0 Å². The molecule has 0 radical (unpaired) electrons. The van der Waals surface area contributed by atoms with Crippen molar-refractivity contribution in [3.63, 3.8) is 0 Å². The van der Waals surface area contributed by atoms with Crippen LogP contribution in [-0.2, 0) is 6.42 Å². The number of hydrogen-bond donors (Lipinski definition) is 1. The van der Waals surface area contributed by atoms with Crippen molar-refractivity contribution in [3.8, 4) is 11.3 Å². The average Bonchev–Trinajstić information content (AvgIpc) is 2.41. The van der Waals surface area contributed by atoms with Crippen molar-refractivity contribution < 1.29 is 0 Å². The predicted molar refractivity (Wildman–Crippen MR) is 81.0 cm³/mol. The third-order valence-electron chi connectivity index (χ3n) is 2.83. The van der Waals surface area contributed by atoms with Crippen LogP contribution in [0.25, 0.3) is 11.3 Å². The van der Waals surface area contributed by atoms with Crippen LogP contribution in [0.2, 0.25) is 10.0 Å². The van der Waals surface area contributed by atoms with E-state index in [1.165, 1.54) is 0 Å². The van der Waals surface area contributed by atoms with Crippen molar-refractivity contribution in [2.45, 2.75) is 20.3 Å². The first-order valence-electron chi connectivity index (χ1n) is 6.20. The summed E-state index contributed by atoms with van der Waals surface area (Å²) in [5.74, 6) is 0.853. The standard InChI is InChI=1S/C14H15Cl2N3/c1-3-10-13(18-8-19-14(10)17-4-2)11-7-9(15)5-6-12(11)16/h5-8H,3-4H2,1-2H3,(H,17,18,19). The van der Waals surface area contributed by atoms with Gasteiger partial charge in [-0.3, -0.25) is 0 Å². The lowest BCUT2D eigenvalue weighted by Gasteiger charge is -2.13. The van der Waals surface area contributed by atoms with E-state index in [1.54, 1.807) is 18.5 Å². The SMILES string of the molecule is CCNc1ncnc(-c2cc(Cl)ccc2Cl)c1CC. The summed E-state index contributed by atoms with van der Waals surface area (Å²) in [7, 11) is 0. The van der Waals surface area contributed by atoms with E-state index >= 15 is 0 Å². The molecule has 0 aliphatic carbocycles. The largest absolute Gasteiger partial charge is 0.370 e. The highest BCUT2D eigenvalue weighted by Gasteiger charge is 2.14. The summed E-state index contributed by atoms with van der Waals surface area (Å²) in [6.45, 7) is 4.92. The first-order chi connectivity index (χ1) is 9.17. The molecule has 1 aromatic carbocycles. The summed E-state index contributed by atoms with van der Waals surface area (Å²) in [6.07, 6.45) is 2.37. The van der Waals surface area contributed by atoms with Crippen molar-refractivity contribution in [3.05, 3.63) is 40.1 Å². The minimum atomic E-state index is 0.639. The Balaban J connectivity index is 2.61. The Hall–Kier alpha value is -1.32. The third-order valence-corrected chi connectivity index (χ3v) is 3.39. The molecule has 100 valence electrons. The van der Waals surface area contributed by atoms with Gasteiger partial charge < -0.3 is 5.32 Å². The van der Waals surface area contributed by atoms with Gasteiger partial charge in [-0.1, -0.05) is 30.1 Å². The fourth-order valence-corrected chi connectivity index (χ4v) is 2.36. The molecule has 5 heteroatoms. The molecule has 0 bridgehead atoms. The number of hydrogen-bond acceptors (Lipinski definition) is 3. The van der Waals surface area contributed by atoms with Gasteiger partial charge in [-0.05, 0) is 31.5 Å². The Morgan fingerprint density at radius 2 is 1.95 bits per heavy atom. The summed E-state index contributed by atoms with van der Waals surface area (Å²) in [4.78, 5) is 8.65. The normalized spacial score (nSPS) is 10.5. The second-order valence-electron chi connectivity index (χ2n) is 4.06. The molecule has 1 heterocycles. The molecular formula is C14H15Cl2N3. The maximum absolute atomic E-state index is 6.25. The summed E-state index contributed by atoms with van der Waals surface area (Å²) in [6, 6.07) is 5.39. The van der Waals surface area contributed by atoms with Gasteiger partial charge in [0, 0.05) is 22.7 Å². The van der Waals surface area contributed by atoms with Gasteiger partial charge in [-0.2, -0.15) is 0 Å². The van der Waals surface area contributed by atoms with Crippen LogP contribution in [0.5, 0.6) is 0 Å². The molecule has 2 rings (SSSR count). The van der Waals surface area contributed by atoms with Crippen LogP contribution in [0.3, 0.4) is 0 Å². The van der Waals surface area contributed by atoms with E-state index in [1.807, 2.05) is 13.0 Å². The fourth-order valence-electron chi connectivity index (χ4n) is 1.98. The van der Waals surface area contributed by atoms with Crippen LogP contribution in [0.4, 0.5) is 5.82 Å². The zero-order valence-electron chi connectivity index (χ0n) is 10.9. The lowest BCUT2D eigenvalue weighted by Crippen LogP contribution is -2.05. The number of halogens is 2. The van der Waals surface area contributed by atoms with Gasteiger partial charge >= 0.3 is 0 Å². The van der Waals surface area contributed by atoms with Gasteiger partial charge in [0.15, 0.2) is 0 Å². The summed E-state index contributed by atoms with van der Waals surface area (Å²) >= 11 is 12.3. The highest BCUT2D eigenvalue weighted by Crippen LogP contribution is 2.33. The number of rotatable bonds is 4. The number of nitrogens with zero attached hydrogens (tertiary/aromatic N) is 2. The average molecular weight is 296 g/mol. The molecule has 2 aromatic rings. The molecule has 3 nitrogen and oxygen atoms in total.